The van der Waals surface area contributed by atoms with E-state index in [2.05, 4.69) is 0 Å². The largest absolute Gasteiger partial charge is 0.464 e. The van der Waals surface area contributed by atoms with Gasteiger partial charge in [0.2, 0.25) is 0 Å². The van der Waals surface area contributed by atoms with Crippen LogP contribution in [-0.2, 0) is 14.3 Å². The first-order valence-corrected chi connectivity index (χ1v) is 8.72. The first kappa shape index (κ1) is 15.9. The number of nitrogens with zero attached hydrogens (tertiary/aromatic N) is 2. The van der Waals surface area contributed by atoms with Crippen molar-refractivity contribution in [1.29, 1.82) is 0 Å². The van der Waals surface area contributed by atoms with Gasteiger partial charge in [0.05, 0.1) is 18.2 Å². The SMILES string of the molecule is COC(=O)C1=C(C)CS[C@H]2[C@H](N3C(=O)c4ccccc4C3=O)C(=O)N12. The van der Waals surface area contributed by atoms with Gasteiger partial charge >= 0.3 is 5.97 Å². The summed E-state index contributed by atoms with van der Waals surface area (Å²) in [4.78, 5) is 52.3. The van der Waals surface area contributed by atoms with Crippen LogP contribution in [0.25, 0.3) is 0 Å². The maximum absolute atomic E-state index is 12.7. The van der Waals surface area contributed by atoms with E-state index in [9.17, 15) is 19.2 Å². The average Bonchev–Trinajstić information content (AvgIpc) is 2.87. The molecule has 0 spiro atoms. The summed E-state index contributed by atoms with van der Waals surface area (Å²) in [7, 11) is 1.26. The molecule has 0 aliphatic carbocycles. The fourth-order valence-electron chi connectivity index (χ4n) is 3.40. The maximum Gasteiger partial charge on any atom is 0.354 e. The van der Waals surface area contributed by atoms with Crippen molar-refractivity contribution < 1.29 is 23.9 Å². The Labute approximate surface area is 147 Å². The number of amides is 3. The summed E-state index contributed by atoms with van der Waals surface area (Å²) in [6.07, 6.45) is 0. The summed E-state index contributed by atoms with van der Waals surface area (Å²) in [5.74, 6) is -1.43. The van der Waals surface area contributed by atoms with Gasteiger partial charge in [-0.15, -0.1) is 11.8 Å². The Morgan fingerprint density at radius 2 is 1.72 bits per heavy atom. The van der Waals surface area contributed by atoms with E-state index in [-0.39, 0.29) is 5.70 Å². The Kier molecular flexibility index (Phi) is 3.47. The monoisotopic (exact) mass is 358 g/mol. The van der Waals surface area contributed by atoms with Gasteiger partial charge in [0.1, 0.15) is 17.1 Å². The second-order valence-electron chi connectivity index (χ2n) is 6.00. The number of carbonyl (C=O) groups excluding carboxylic acids is 4. The van der Waals surface area contributed by atoms with Gasteiger partial charge in [-0.1, -0.05) is 12.1 Å². The third-order valence-corrected chi connectivity index (χ3v) is 6.02. The molecule has 1 saturated heterocycles. The number of imide groups is 1. The number of β-lactam (4-membered cyclic amide) rings is 1. The summed E-state index contributed by atoms with van der Waals surface area (Å²) in [5, 5.41) is -0.465. The van der Waals surface area contributed by atoms with Crippen molar-refractivity contribution >= 4 is 35.5 Å². The molecule has 0 saturated carbocycles. The quantitative estimate of drug-likeness (QED) is 0.446. The molecule has 2 atom stereocenters. The highest BCUT2D eigenvalue weighted by molar-refractivity contribution is 8.00. The number of hydrogen-bond donors (Lipinski definition) is 0. The molecule has 0 unspecified atom stereocenters. The molecule has 1 aromatic carbocycles. The van der Waals surface area contributed by atoms with E-state index >= 15 is 0 Å². The highest BCUT2D eigenvalue weighted by atomic mass is 32.2. The van der Waals surface area contributed by atoms with Gasteiger partial charge in [0.15, 0.2) is 0 Å². The van der Waals surface area contributed by atoms with Crippen molar-refractivity contribution in [2.45, 2.75) is 18.3 Å². The lowest BCUT2D eigenvalue weighted by molar-refractivity contribution is -0.152. The molecule has 0 bridgehead atoms. The zero-order chi connectivity index (χ0) is 17.9. The third-order valence-electron chi connectivity index (χ3n) is 4.61. The average molecular weight is 358 g/mol. The molecule has 8 heteroatoms. The van der Waals surface area contributed by atoms with Crippen LogP contribution in [0.15, 0.2) is 35.5 Å². The molecule has 0 radical (unpaired) electrons. The second-order valence-corrected chi connectivity index (χ2v) is 7.11. The van der Waals surface area contributed by atoms with E-state index in [0.717, 1.165) is 10.5 Å². The number of rotatable bonds is 2. The van der Waals surface area contributed by atoms with Gasteiger partial charge in [0.25, 0.3) is 17.7 Å². The zero-order valence-corrected chi connectivity index (χ0v) is 14.3. The van der Waals surface area contributed by atoms with E-state index in [1.807, 2.05) is 0 Å². The first-order valence-electron chi connectivity index (χ1n) is 7.67. The van der Waals surface area contributed by atoms with Gasteiger partial charge < -0.3 is 4.74 Å². The molecule has 0 N–H and O–H groups in total. The Balaban J connectivity index is 1.68. The Morgan fingerprint density at radius 1 is 1.12 bits per heavy atom. The van der Waals surface area contributed by atoms with Crippen LogP contribution >= 0.6 is 11.8 Å². The molecule has 3 heterocycles. The first-order chi connectivity index (χ1) is 12.0. The second kappa shape index (κ2) is 5.45. The highest BCUT2D eigenvalue weighted by Crippen LogP contribution is 2.44. The summed E-state index contributed by atoms with van der Waals surface area (Å²) >= 11 is 1.43. The standard InChI is InChI=1S/C17H14N2O5S/c1-8-7-25-16-12(15(22)19(16)11(8)17(23)24-2)18-13(20)9-5-3-4-6-10(9)14(18)21/h3-6,12,16H,7H2,1-2H3/t12-,16+/m1/s1. The molecule has 128 valence electrons. The fourth-order valence-corrected chi connectivity index (χ4v) is 4.74. The topological polar surface area (TPSA) is 84.0 Å². The Morgan fingerprint density at radius 3 is 2.28 bits per heavy atom. The predicted octanol–water partition coefficient (Wildman–Crippen LogP) is 1.01. The van der Waals surface area contributed by atoms with Crippen LogP contribution in [-0.4, -0.2) is 57.8 Å². The number of thioether (sulfide) groups is 1. The molecule has 7 nitrogen and oxygen atoms in total. The van der Waals surface area contributed by atoms with Crippen molar-refractivity contribution in [1.82, 2.24) is 9.80 Å². The number of fused-ring (bicyclic) bond motifs is 2. The summed E-state index contributed by atoms with van der Waals surface area (Å²) in [6.45, 7) is 1.76. The smallest absolute Gasteiger partial charge is 0.354 e. The number of benzene rings is 1. The molecule has 4 rings (SSSR count). The molecule has 0 aromatic heterocycles. The minimum atomic E-state index is -0.898. The molecule has 3 amide bonds. The molecule has 3 aliphatic heterocycles. The molecule has 1 fully saturated rings. The van der Waals surface area contributed by atoms with Gasteiger partial charge in [0, 0.05) is 5.75 Å². The van der Waals surface area contributed by atoms with E-state index in [1.54, 1.807) is 31.2 Å². The van der Waals surface area contributed by atoms with Gasteiger partial charge in [-0.2, -0.15) is 0 Å². The molecule has 3 aliphatic rings. The minimum absolute atomic E-state index is 0.212. The van der Waals surface area contributed by atoms with Gasteiger partial charge in [-0.25, -0.2) is 4.79 Å². The number of carbonyl (C=O) groups is 4. The summed E-state index contributed by atoms with van der Waals surface area (Å²) < 4.78 is 4.77. The van der Waals surface area contributed by atoms with Crippen molar-refractivity contribution in [2.75, 3.05) is 12.9 Å². The molecule has 1 aromatic rings. The van der Waals surface area contributed by atoms with E-state index in [0.29, 0.717) is 16.9 Å². The van der Waals surface area contributed by atoms with Gasteiger partial charge in [-0.3, -0.25) is 24.2 Å². The van der Waals surface area contributed by atoms with Crippen LogP contribution in [0.5, 0.6) is 0 Å². The van der Waals surface area contributed by atoms with Crippen LogP contribution in [0.2, 0.25) is 0 Å². The van der Waals surface area contributed by atoms with Crippen LogP contribution in [0, 0.1) is 0 Å². The Hall–Kier alpha value is -2.61. The normalized spacial score (nSPS) is 25.0. The number of ether oxygens (including phenoxy) is 1. The lowest BCUT2D eigenvalue weighted by atomic mass is 10.0. The van der Waals surface area contributed by atoms with Gasteiger partial charge in [-0.05, 0) is 24.6 Å². The number of hydrogen-bond acceptors (Lipinski definition) is 6. The zero-order valence-electron chi connectivity index (χ0n) is 13.5. The van der Waals surface area contributed by atoms with Crippen molar-refractivity contribution in [3.8, 4) is 0 Å². The number of methoxy groups -OCH3 is 1. The van der Waals surface area contributed by atoms with Crippen LogP contribution in [0.3, 0.4) is 0 Å². The predicted molar refractivity (Wildman–Crippen MR) is 88.5 cm³/mol. The fraction of sp³-hybridized carbons (Fsp3) is 0.294. The van der Waals surface area contributed by atoms with Crippen LogP contribution < -0.4 is 0 Å². The number of esters is 1. The van der Waals surface area contributed by atoms with Crippen LogP contribution in [0.4, 0.5) is 0 Å². The summed E-state index contributed by atoms with van der Waals surface area (Å²) in [5.41, 5.74) is 1.56. The maximum atomic E-state index is 12.7. The summed E-state index contributed by atoms with van der Waals surface area (Å²) in [6, 6.07) is 5.62. The molecular formula is C17H14N2O5S. The van der Waals surface area contributed by atoms with Crippen molar-refractivity contribution in [2.24, 2.45) is 0 Å². The third kappa shape index (κ3) is 2.00. The highest BCUT2D eigenvalue weighted by Gasteiger charge is 2.59. The minimum Gasteiger partial charge on any atom is -0.464 e. The molecular weight excluding hydrogens is 344 g/mol. The Bertz CT molecular complexity index is 843. The lowest BCUT2D eigenvalue weighted by Gasteiger charge is -2.51. The molecule has 25 heavy (non-hydrogen) atoms. The van der Waals surface area contributed by atoms with Crippen LogP contribution in [0.1, 0.15) is 27.6 Å². The van der Waals surface area contributed by atoms with E-state index < -0.39 is 35.1 Å². The van der Waals surface area contributed by atoms with E-state index in [1.165, 1.54) is 23.8 Å². The van der Waals surface area contributed by atoms with E-state index in [4.69, 9.17) is 4.74 Å². The van der Waals surface area contributed by atoms with Crippen molar-refractivity contribution in [3.05, 3.63) is 46.7 Å². The van der Waals surface area contributed by atoms with Crippen molar-refractivity contribution in [3.63, 3.8) is 0 Å². The lowest BCUT2D eigenvalue weighted by Crippen LogP contribution is -2.71.